The molecule has 6 nitrogen and oxygen atoms in total. The van der Waals surface area contributed by atoms with Gasteiger partial charge >= 0.3 is 6.03 Å². The van der Waals surface area contributed by atoms with Crippen LogP contribution >= 0.6 is 0 Å². The number of nitrogens with zero attached hydrogens (tertiary/aromatic N) is 1. The van der Waals surface area contributed by atoms with Crippen LogP contribution in [-0.2, 0) is 15.1 Å². The SMILES string of the molecule is Cc1ccc([C@@]2(C)NC(=O)N([C@H](C)C(=O)Nc3ccccc3F)C2=O)cc1. The van der Waals surface area contributed by atoms with E-state index in [1.807, 2.05) is 19.1 Å². The Morgan fingerprint density at radius 1 is 1.15 bits per heavy atom. The second-order valence-corrected chi connectivity index (χ2v) is 6.74. The molecule has 27 heavy (non-hydrogen) atoms. The topological polar surface area (TPSA) is 78.5 Å². The second kappa shape index (κ2) is 6.83. The first-order valence-electron chi connectivity index (χ1n) is 8.52. The van der Waals surface area contributed by atoms with Crippen molar-refractivity contribution >= 4 is 23.5 Å². The van der Waals surface area contributed by atoms with Crippen LogP contribution in [0.25, 0.3) is 0 Å². The molecule has 0 aliphatic carbocycles. The fourth-order valence-electron chi connectivity index (χ4n) is 3.01. The lowest BCUT2D eigenvalue weighted by atomic mass is 9.91. The highest BCUT2D eigenvalue weighted by atomic mass is 19.1. The minimum absolute atomic E-state index is 0.0114. The van der Waals surface area contributed by atoms with Crippen LogP contribution in [0.2, 0.25) is 0 Å². The van der Waals surface area contributed by atoms with E-state index < -0.39 is 35.2 Å². The molecule has 0 bridgehead atoms. The molecule has 1 aliphatic heterocycles. The Balaban J connectivity index is 1.83. The molecule has 0 unspecified atom stereocenters. The number of aryl methyl sites for hydroxylation is 1. The Morgan fingerprint density at radius 3 is 2.41 bits per heavy atom. The van der Waals surface area contributed by atoms with Gasteiger partial charge in [0.05, 0.1) is 5.69 Å². The number of rotatable bonds is 4. The molecule has 1 saturated heterocycles. The van der Waals surface area contributed by atoms with Gasteiger partial charge in [-0.25, -0.2) is 14.1 Å². The number of halogens is 1. The Kier molecular flexibility index (Phi) is 4.70. The van der Waals surface area contributed by atoms with Crippen molar-refractivity contribution in [1.29, 1.82) is 0 Å². The fraction of sp³-hybridized carbons (Fsp3) is 0.250. The number of nitrogens with one attached hydrogen (secondary N) is 2. The predicted octanol–water partition coefficient (Wildman–Crippen LogP) is 2.93. The molecular weight excluding hydrogens is 349 g/mol. The van der Waals surface area contributed by atoms with Gasteiger partial charge in [-0.3, -0.25) is 9.59 Å². The van der Waals surface area contributed by atoms with Crippen molar-refractivity contribution in [3.05, 3.63) is 65.5 Å². The van der Waals surface area contributed by atoms with E-state index in [0.717, 1.165) is 10.5 Å². The van der Waals surface area contributed by atoms with Gasteiger partial charge in [0.25, 0.3) is 5.91 Å². The predicted molar refractivity (Wildman–Crippen MR) is 98.4 cm³/mol. The molecule has 1 heterocycles. The van der Waals surface area contributed by atoms with Crippen LogP contribution < -0.4 is 10.6 Å². The van der Waals surface area contributed by atoms with Gasteiger partial charge in [0, 0.05) is 0 Å². The lowest BCUT2D eigenvalue weighted by Crippen LogP contribution is -2.47. The molecule has 0 aromatic heterocycles. The summed E-state index contributed by atoms with van der Waals surface area (Å²) in [7, 11) is 0. The molecular formula is C20H20FN3O3. The lowest BCUT2D eigenvalue weighted by Gasteiger charge is -2.24. The van der Waals surface area contributed by atoms with E-state index in [-0.39, 0.29) is 5.69 Å². The monoisotopic (exact) mass is 369 g/mol. The number of carbonyl (C=O) groups is 3. The number of hydrogen-bond acceptors (Lipinski definition) is 3. The third-order valence-corrected chi connectivity index (χ3v) is 4.75. The molecule has 1 fully saturated rings. The molecule has 4 amide bonds. The lowest BCUT2D eigenvalue weighted by molar-refractivity contribution is -0.136. The average Bonchev–Trinajstić information content (AvgIpc) is 2.86. The van der Waals surface area contributed by atoms with Crippen molar-refractivity contribution < 1.29 is 18.8 Å². The largest absolute Gasteiger partial charge is 0.326 e. The number of para-hydroxylation sites is 1. The van der Waals surface area contributed by atoms with Crippen LogP contribution in [-0.4, -0.2) is 28.8 Å². The zero-order chi connectivity index (χ0) is 19.8. The van der Waals surface area contributed by atoms with Crippen molar-refractivity contribution in [1.82, 2.24) is 10.2 Å². The van der Waals surface area contributed by atoms with Crippen LogP contribution in [0.1, 0.15) is 25.0 Å². The first-order chi connectivity index (χ1) is 12.7. The molecule has 0 saturated carbocycles. The van der Waals surface area contributed by atoms with Gasteiger partial charge in [0.15, 0.2) is 0 Å². The van der Waals surface area contributed by atoms with Crippen molar-refractivity contribution in [3.63, 3.8) is 0 Å². The molecule has 2 aromatic rings. The summed E-state index contributed by atoms with van der Waals surface area (Å²) >= 11 is 0. The van der Waals surface area contributed by atoms with Crippen LogP contribution in [0.3, 0.4) is 0 Å². The number of imide groups is 1. The van der Waals surface area contributed by atoms with Gasteiger partial charge in [-0.1, -0.05) is 42.0 Å². The maximum atomic E-state index is 13.7. The van der Waals surface area contributed by atoms with E-state index in [0.29, 0.717) is 5.56 Å². The molecule has 0 radical (unpaired) electrons. The van der Waals surface area contributed by atoms with Gasteiger partial charge in [0.2, 0.25) is 5.91 Å². The molecule has 2 atom stereocenters. The highest BCUT2D eigenvalue weighted by Gasteiger charge is 2.51. The molecule has 0 spiro atoms. The van der Waals surface area contributed by atoms with Crippen molar-refractivity contribution in [2.45, 2.75) is 32.4 Å². The van der Waals surface area contributed by atoms with Gasteiger partial charge in [-0.2, -0.15) is 0 Å². The summed E-state index contributed by atoms with van der Waals surface area (Å²) in [4.78, 5) is 38.8. The Labute approximate surface area is 156 Å². The quantitative estimate of drug-likeness (QED) is 0.814. The Bertz CT molecular complexity index is 913. The Hall–Kier alpha value is -3.22. The zero-order valence-electron chi connectivity index (χ0n) is 15.2. The third-order valence-electron chi connectivity index (χ3n) is 4.75. The number of carbonyl (C=O) groups excluding carboxylic acids is 3. The summed E-state index contributed by atoms with van der Waals surface area (Å²) in [6, 6.07) is 11.1. The van der Waals surface area contributed by atoms with Gasteiger partial charge < -0.3 is 10.6 Å². The van der Waals surface area contributed by atoms with Crippen molar-refractivity contribution in [3.8, 4) is 0 Å². The summed E-state index contributed by atoms with van der Waals surface area (Å²) in [5.41, 5.74) is 0.365. The normalized spacial score (nSPS) is 20.4. The minimum atomic E-state index is -1.27. The first kappa shape index (κ1) is 18.6. The molecule has 140 valence electrons. The number of hydrogen-bond donors (Lipinski definition) is 2. The summed E-state index contributed by atoms with van der Waals surface area (Å²) < 4.78 is 13.7. The Morgan fingerprint density at radius 2 is 1.78 bits per heavy atom. The number of anilines is 1. The summed E-state index contributed by atoms with van der Waals surface area (Å²) in [6.07, 6.45) is 0. The number of urea groups is 1. The van der Waals surface area contributed by atoms with E-state index in [4.69, 9.17) is 0 Å². The first-order valence-corrected chi connectivity index (χ1v) is 8.52. The van der Waals surface area contributed by atoms with E-state index in [2.05, 4.69) is 10.6 Å². The highest BCUT2D eigenvalue weighted by molar-refractivity contribution is 6.11. The van der Waals surface area contributed by atoms with Crippen LogP contribution in [0.15, 0.2) is 48.5 Å². The van der Waals surface area contributed by atoms with E-state index >= 15 is 0 Å². The summed E-state index contributed by atoms with van der Waals surface area (Å²) in [5, 5.41) is 5.07. The standard InChI is InChI=1S/C20H20FN3O3/c1-12-8-10-14(11-9-12)20(3)18(26)24(19(27)23-20)13(2)17(25)22-16-7-5-4-6-15(16)21/h4-11,13H,1-3H3,(H,22,25)(H,23,27)/t13-,20-/m1/s1. The highest BCUT2D eigenvalue weighted by Crippen LogP contribution is 2.30. The summed E-state index contributed by atoms with van der Waals surface area (Å²) in [6.45, 7) is 4.94. The zero-order valence-corrected chi connectivity index (χ0v) is 15.2. The van der Waals surface area contributed by atoms with E-state index in [1.165, 1.54) is 25.1 Å². The summed E-state index contributed by atoms with van der Waals surface area (Å²) in [5.74, 6) is -1.79. The van der Waals surface area contributed by atoms with Crippen LogP contribution in [0.4, 0.5) is 14.9 Å². The molecule has 2 N–H and O–H groups in total. The molecule has 7 heteroatoms. The minimum Gasteiger partial charge on any atom is -0.322 e. The third kappa shape index (κ3) is 3.28. The maximum Gasteiger partial charge on any atom is 0.326 e. The van der Waals surface area contributed by atoms with E-state index in [9.17, 15) is 18.8 Å². The van der Waals surface area contributed by atoms with Crippen molar-refractivity contribution in [2.75, 3.05) is 5.32 Å². The number of amides is 4. The van der Waals surface area contributed by atoms with Gasteiger partial charge in [-0.15, -0.1) is 0 Å². The molecule has 3 rings (SSSR count). The second-order valence-electron chi connectivity index (χ2n) is 6.74. The smallest absolute Gasteiger partial charge is 0.322 e. The fourth-order valence-corrected chi connectivity index (χ4v) is 3.01. The average molecular weight is 369 g/mol. The molecule has 2 aromatic carbocycles. The van der Waals surface area contributed by atoms with E-state index in [1.54, 1.807) is 25.1 Å². The number of benzene rings is 2. The van der Waals surface area contributed by atoms with Crippen LogP contribution in [0.5, 0.6) is 0 Å². The molecule has 1 aliphatic rings. The van der Waals surface area contributed by atoms with Gasteiger partial charge in [-0.05, 0) is 38.5 Å². The van der Waals surface area contributed by atoms with Crippen LogP contribution in [0, 0.1) is 12.7 Å². The maximum absolute atomic E-state index is 13.7. The van der Waals surface area contributed by atoms with Gasteiger partial charge in [0.1, 0.15) is 17.4 Å². The van der Waals surface area contributed by atoms with Crippen molar-refractivity contribution in [2.24, 2.45) is 0 Å².